The van der Waals surface area contributed by atoms with E-state index in [0.717, 1.165) is 0 Å². The van der Waals surface area contributed by atoms with E-state index < -0.39 is 46.6 Å². The number of hydrogen-bond acceptors (Lipinski definition) is 8. The molecule has 10 heteroatoms. The zero-order chi connectivity index (χ0) is 13.1. The monoisotopic (exact) mass is 262 g/mol. The van der Waals surface area contributed by atoms with Gasteiger partial charge in [-0.3, -0.25) is 4.55 Å². The lowest BCUT2D eigenvalue weighted by Gasteiger charge is -2.34. The van der Waals surface area contributed by atoms with Crippen LogP contribution in [0, 0.1) is 0 Å². The van der Waals surface area contributed by atoms with Crippen LogP contribution in [0.25, 0.3) is 0 Å². The molecule has 7 N–H and O–H groups in total. The van der Waals surface area contributed by atoms with E-state index in [1.807, 2.05) is 0 Å². The lowest BCUT2D eigenvalue weighted by molar-refractivity contribution is -0.149. The Bertz CT molecular complexity index is 314. The second-order valence-corrected chi connectivity index (χ2v) is 4.72. The molecule has 0 aliphatic heterocycles. The van der Waals surface area contributed by atoms with Crippen molar-refractivity contribution < 1.29 is 43.6 Å². The summed E-state index contributed by atoms with van der Waals surface area (Å²) >= 11 is 0. The highest BCUT2D eigenvalue weighted by Crippen LogP contribution is 2.24. The molecule has 0 aliphatic rings. The summed E-state index contributed by atoms with van der Waals surface area (Å²) in [6.45, 7) is -2.43. The van der Waals surface area contributed by atoms with E-state index in [1.165, 1.54) is 0 Å². The average molecular weight is 262 g/mol. The van der Waals surface area contributed by atoms with Gasteiger partial charge in [0.2, 0.25) is 4.93 Å². The number of aliphatic hydroxyl groups excluding tert-OH is 5. The normalized spacial score (nSPS) is 22.2. The summed E-state index contributed by atoms with van der Waals surface area (Å²) < 4.78 is 30.2. The SMILES string of the molecule is O=S(=O)(O)C(O)(C(O)CO)C(O)C(O)CO. The van der Waals surface area contributed by atoms with Crippen LogP contribution in [0.5, 0.6) is 0 Å². The summed E-state index contributed by atoms with van der Waals surface area (Å²) in [6, 6.07) is 0. The second-order valence-electron chi connectivity index (χ2n) is 3.12. The molecule has 0 aliphatic carbocycles. The average Bonchev–Trinajstić information content (AvgIpc) is 2.22. The fraction of sp³-hybridized carbons (Fsp3) is 1.00. The molecule has 0 aromatic rings. The second kappa shape index (κ2) is 5.33. The first-order chi connectivity index (χ1) is 7.12. The minimum atomic E-state index is -5.41. The molecule has 0 radical (unpaired) electrons. The van der Waals surface area contributed by atoms with Crippen LogP contribution in [0.3, 0.4) is 0 Å². The van der Waals surface area contributed by atoms with Crippen molar-refractivity contribution in [3.05, 3.63) is 0 Å². The fourth-order valence-corrected chi connectivity index (χ4v) is 1.91. The highest BCUT2D eigenvalue weighted by Gasteiger charge is 2.55. The molecule has 0 spiro atoms. The molecule has 0 saturated heterocycles. The molecule has 98 valence electrons. The molecule has 0 aromatic carbocycles. The van der Waals surface area contributed by atoms with E-state index in [0.29, 0.717) is 0 Å². The van der Waals surface area contributed by atoms with Gasteiger partial charge in [-0.1, -0.05) is 0 Å². The van der Waals surface area contributed by atoms with Crippen LogP contribution in [0.4, 0.5) is 0 Å². The highest BCUT2D eigenvalue weighted by molar-refractivity contribution is 7.87. The first kappa shape index (κ1) is 15.7. The summed E-state index contributed by atoms with van der Waals surface area (Å²) in [6.07, 6.45) is -7.19. The first-order valence-corrected chi connectivity index (χ1v) is 5.52. The van der Waals surface area contributed by atoms with E-state index in [2.05, 4.69) is 0 Å². The molecule has 0 bridgehead atoms. The van der Waals surface area contributed by atoms with E-state index >= 15 is 0 Å². The van der Waals surface area contributed by atoms with E-state index in [4.69, 9.17) is 25.0 Å². The highest BCUT2D eigenvalue weighted by atomic mass is 32.2. The van der Waals surface area contributed by atoms with Crippen molar-refractivity contribution in [3.63, 3.8) is 0 Å². The first-order valence-electron chi connectivity index (χ1n) is 4.08. The molecular weight excluding hydrogens is 248 g/mol. The van der Waals surface area contributed by atoms with Crippen LogP contribution in [-0.4, -0.2) is 80.1 Å². The minimum Gasteiger partial charge on any atom is -0.394 e. The molecule has 0 aromatic heterocycles. The van der Waals surface area contributed by atoms with Gasteiger partial charge in [-0.15, -0.1) is 0 Å². The predicted octanol–water partition coefficient (Wildman–Crippen LogP) is -4.37. The fourth-order valence-electron chi connectivity index (χ4n) is 1.03. The van der Waals surface area contributed by atoms with Crippen molar-refractivity contribution in [1.82, 2.24) is 0 Å². The number of rotatable bonds is 6. The zero-order valence-corrected chi connectivity index (χ0v) is 8.82. The predicted molar refractivity (Wildman–Crippen MR) is 48.7 cm³/mol. The maximum atomic E-state index is 10.8. The van der Waals surface area contributed by atoms with Crippen molar-refractivity contribution in [1.29, 1.82) is 0 Å². The summed E-state index contributed by atoms with van der Waals surface area (Å²) in [7, 11) is -5.41. The molecule has 0 fully saturated rings. The van der Waals surface area contributed by atoms with E-state index in [9.17, 15) is 18.6 Å². The summed E-state index contributed by atoms with van der Waals surface area (Å²) in [5.74, 6) is 0. The molecule has 0 saturated carbocycles. The lowest BCUT2D eigenvalue weighted by atomic mass is 10.0. The molecule has 9 nitrogen and oxygen atoms in total. The van der Waals surface area contributed by atoms with E-state index in [1.54, 1.807) is 0 Å². The quantitative estimate of drug-likeness (QED) is 0.233. The van der Waals surface area contributed by atoms with Crippen molar-refractivity contribution in [2.24, 2.45) is 0 Å². The topological polar surface area (TPSA) is 176 Å². The molecule has 0 rings (SSSR count). The third-order valence-electron chi connectivity index (χ3n) is 2.04. The molecular formula is C6H14O9S. The Morgan fingerprint density at radius 3 is 1.75 bits per heavy atom. The molecule has 0 amide bonds. The Morgan fingerprint density at radius 1 is 1.06 bits per heavy atom. The van der Waals surface area contributed by atoms with Gasteiger partial charge in [-0.25, -0.2) is 0 Å². The van der Waals surface area contributed by atoms with Crippen molar-refractivity contribution in [2.75, 3.05) is 13.2 Å². The number of aliphatic hydroxyl groups is 6. The summed E-state index contributed by atoms with van der Waals surface area (Å²) in [5.41, 5.74) is 0. The van der Waals surface area contributed by atoms with Crippen LogP contribution in [0.2, 0.25) is 0 Å². The molecule has 0 heterocycles. The summed E-state index contributed by atoms with van der Waals surface area (Å²) in [5, 5.41) is 53.5. The minimum absolute atomic E-state index is 1.13. The Labute approximate surface area is 91.0 Å². The van der Waals surface area contributed by atoms with Crippen molar-refractivity contribution in [3.8, 4) is 0 Å². The molecule has 16 heavy (non-hydrogen) atoms. The van der Waals surface area contributed by atoms with Crippen molar-refractivity contribution >= 4 is 10.1 Å². The van der Waals surface area contributed by atoms with Gasteiger partial charge < -0.3 is 30.6 Å². The van der Waals surface area contributed by atoms with Crippen LogP contribution in [0.15, 0.2) is 0 Å². The molecule has 4 atom stereocenters. The van der Waals surface area contributed by atoms with Gasteiger partial charge >= 0.3 is 10.1 Å². The van der Waals surface area contributed by atoms with Gasteiger partial charge in [0.05, 0.1) is 13.2 Å². The third kappa shape index (κ3) is 2.67. The van der Waals surface area contributed by atoms with Gasteiger partial charge in [0.25, 0.3) is 0 Å². The van der Waals surface area contributed by atoms with Gasteiger partial charge in [0.1, 0.15) is 18.3 Å². The Balaban J connectivity index is 5.42. The van der Waals surface area contributed by atoms with Crippen LogP contribution < -0.4 is 0 Å². The van der Waals surface area contributed by atoms with Crippen LogP contribution in [-0.2, 0) is 10.1 Å². The van der Waals surface area contributed by atoms with Crippen molar-refractivity contribution in [2.45, 2.75) is 23.2 Å². The molecule has 4 unspecified atom stereocenters. The summed E-state index contributed by atoms with van der Waals surface area (Å²) in [4.78, 5) is -3.59. The third-order valence-corrected chi connectivity index (χ3v) is 3.38. The smallest absolute Gasteiger partial charge is 0.300 e. The largest absolute Gasteiger partial charge is 0.394 e. The van der Waals surface area contributed by atoms with Crippen LogP contribution in [0.1, 0.15) is 0 Å². The zero-order valence-electron chi connectivity index (χ0n) is 8.00. The number of hydrogen-bond donors (Lipinski definition) is 7. The Kier molecular flexibility index (Phi) is 5.22. The Morgan fingerprint density at radius 2 is 1.50 bits per heavy atom. The maximum Gasteiger partial charge on any atom is 0.300 e. The van der Waals surface area contributed by atoms with Crippen LogP contribution >= 0.6 is 0 Å². The van der Waals surface area contributed by atoms with Gasteiger partial charge in [0.15, 0.2) is 0 Å². The van der Waals surface area contributed by atoms with Gasteiger partial charge in [-0.05, 0) is 0 Å². The standard InChI is InChI=1S/C6H14O9S/c7-1-3(9)5(11)6(12,4(10)2-8)16(13,14)15/h3-5,7-12H,1-2H2,(H,13,14,15). The lowest BCUT2D eigenvalue weighted by Crippen LogP contribution is -2.63. The maximum absolute atomic E-state index is 10.8. The van der Waals surface area contributed by atoms with Gasteiger partial charge in [-0.2, -0.15) is 8.42 Å². The van der Waals surface area contributed by atoms with Gasteiger partial charge in [0, 0.05) is 0 Å². The Hall–Kier alpha value is -0.330. The van der Waals surface area contributed by atoms with E-state index in [-0.39, 0.29) is 0 Å².